The topological polar surface area (TPSA) is 12.0 Å². The summed E-state index contributed by atoms with van der Waals surface area (Å²) in [6.45, 7) is 0. The molecular formula is C15H13ClFNS2. The molecule has 1 unspecified atom stereocenters. The molecule has 0 radical (unpaired) electrons. The van der Waals surface area contributed by atoms with Crippen molar-refractivity contribution in [2.24, 2.45) is 0 Å². The van der Waals surface area contributed by atoms with Gasteiger partial charge in [0.05, 0.1) is 0 Å². The molecule has 0 aliphatic carbocycles. The van der Waals surface area contributed by atoms with Gasteiger partial charge < -0.3 is 5.32 Å². The Morgan fingerprint density at radius 2 is 2.10 bits per heavy atom. The first-order valence-corrected chi connectivity index (χ1v) is 8.33. The SMILES string of the molecule is CNC(Cc1ccc(Cl)cc1F)c1cc2sccc2s1. The van der Waals surface area contributed by atoms with Crippen LogP contribution in [0.25, 0.3) is 9.40 Å². The number of rotatable bonds is 4. The van der Waals surface area contributed by atoms with E-state index in [1.165, 1.54) is 20.3 Å². The lowest BCUT2D eigenvalue weighted by Gasteiger charge is -2.15. The number of likely N-dealkylation sites (N-methyl/N-ethyl adjacent to an activating group) is 1. The molecule has 1 atom stereocenters. The summed E-state index contributed by atoms with van der Waals surface area (Å²) in [5, 5.41) is 5.80. The van der Waals surface area contributed by atoms with Crippen molar-refractivity contribution in [2.75, 3.05) is 7.05 Å². The summed E-state index contributed by atoms with van der Waals surface area (Å²) >= 11 is 9.29. The maximum atomic E-state index is 13.9. The van der Waals surface area contributed by atoms with Crippen LogP contribution in [0.3, 0.4) is 0 Å². The van der Waals surface area contributed by atoms with E-state index in [4.69, 9.17) is 11.6 Å². The van der Waals surface area contributed by atoms with Gasteiger partial charge in [0.15, 0.2) is 0 Å². The monoisotopic (exact) mass is 325 g/mol. The minimum absolute atomic E-state index is 0.121. The van der Waals surface area contributed by atoms with E-state index in [0.29, 0.717) is 17.0 Å². The highest BCUT2D eigenvalue weighted by atomic mass is 35.5. The van der Waals surface area contributed by atoms with Crippen LogP contribution in [-0.4, -0.2) is 7.05 Å². The fourth-order valence-corrected chi connectivity index (χ4v) is 4.60. The number of fused-ring (bicyclic) bond motifs is 1. The van der Waals surface area contributed by atoms with Gasteiger partial charge in [0.1, 0.15) is 5.82 Å². The highest BCUT2D eigenvalue weighted by Crippen LogP contribution is 2.34. The summed E-state index contributed by atoms with van der Waals surface area (Å²) < 4.78 is 16.5. The second-order valence-corrected chi connectivity index (χ2v) is 7.08. The normalized spacial score (nSPS) is 12.9. The lowest BCUT2D eigenvalue weighted by Crippen LogP contribution is -2.18. The molecule has 20 heavy (non-hydrogen) atoms. The van der Waals surface area contributed by atoms with E-state index in [1.807, 2.05) is 7.05 Å². The molecule has 2 heterocycles. The summed E-state index contributed by atoms with van der Waals surface area (Å²) in [6.07, 6.45) is 0.618. The molecule has 0 fully saturated rings. The molecule has 1 aromatic carbocycles. The molecule has 2 aromatic heterocycles. The number of thiophene rings is 2. The third-order valence-electron chi connectivity index (χ3n) is 3.29. The molecule has 0 saturated carbocycles. The average Bonchev–Trinajstić information content (AvgIpc) is 2.98. The zero-order valence-electron chi connectivity index (χ0n) is 10.8. The third-order valence-corrected chi connectivity index (χ3v) is 5.73. The highest BCUT2D eigenvalue weighted by Gasteiger charge is 2.16. The van der Waals surface area contributed by atoms with Gasteiger partial charge in [-0.15, -0.1) is 22.7 Å². The lowest BCUT2D eigenvalue weighted by atomic mass is 10.0. The summed E-state index contributed by atoms with van der Waals surface area (Å²) in [5.74, 6) is -0.240. The molecule has 0 amide bonds. The third kappa shape index (κ3) is 2.74. The van der Waals surface area contributed by atoms with Gasteiger partial charge in [-0.3, -0.25) is 0 Å². The van der Waals surface area contributed by atoms with Gasteiger partial charge in [-0.1, -0.05) is 17.7 Å². The van der Waals surface area contributed by atoms with Crippen LogP contribution in [0.2, 0.25) is 5.02 Å². The van der Waals surface area contributed by atoms with Crippen molar-refractivity contribution in [3.05, 3.63) is 57.0 Å². The number of halogens is 2. The molecule has 0 aliphatic heterocycles. The van der Waals surface area contributed by atoms with E-state index in [2.05, 4.69) is 22.8 Å². The first-order valence-electron chi connectivity index (χ1n) is 6.25. The molecule has 0 spiro atoms. The Morgan fingerprint density at radius 1 is 1.25 bits per heavy atom. The fourth-order valence-electron chi connectivity index (χ4n) is 2.21. The molecule has 3 aromatic rings. The maximum absolute atomic E-state index is 13.9. The quantitative estimate of drug-likeness (QED) is 0.690. The fraction of sp³-hybridized carbons (Fsp3) is 0.200. The molecule has 104 valence electrons. The lowest BCUT2D eigenvalue weighted by molar-refractivity contribution is 0.560. The van der Waals surface area contributed by atoms with Crippen LogP contribution >= 0.6 is 34.3 Å². The van der Waals surface area contributed by atoms with Gasteiger partial charge in [0.25, 0.3) is 0 Å². The van der Waals surface area contributed by atoms with Gasteiger partial charge in [-0.25, -0.2) is 4.39 Å². The number of hydrogen-bond donors (Lipinski definition) is 1. The second kappa shape index (κ2) is 5.82. The minimum atomic E-state index is -0.240. The predicted octanol–water partition coefficient (Wildman–Crippen LogP) is 5.26. The Morgan fingerprint density at radius 3 is 2.80 bits per heavy atom. The summed E-state index contributed by atoms with van der Waals surface area (Å²) in [7, 11) is 1.91. The Hall–Kier alpha value is -0.940. The van der Waals surface area contributed by atoms with Crippen molar-refractivity contribution < 1.29 is 4.39 Å². The Kier molecular flexibility index (Phi) is 4.08. The molecule has 0 bridgehead atoms. The Balaban J connectivity index is 1.88. The van der Waals surface area contributed by atoms with Gasteiger partial charge in [0.2, 0.25) is 0 Å². The minimum Gasteiger partial charge on any atom is -0.312 e. The van der Waals surface area contributed by atoms with Crippen LogP contribution in [0.4, 0.5) is 4.39 Å². The van der Waals surface area contributed by atoms with Crippen LogP contribution in [0.5, 0.6) is 0 Å². The van der Waals surface area contributed by atoms with Crippen LogP contribution in [0.1, 0.15) is 16.5 Å². The zero-order chi connectivity index (χ0) is 14.1. The van der Waals surface area contributed by atoms with Crippen LogP contribution in [0.15, 0.2) is 35.7 Å². The van der Waals surface area contributed by atoms with Gasteiger partial charge >= 0.3 is 0 Å². The van der Waals surface area contributed by atoms with Crippen molar-refractivity contribution in [1.82, 2.24) is 5.32 Å². The largest absolute Gasteiger partial charge is 0.312 e. The number of hydrogen-bond acceptors (Lipinski definition) is 3. The van der Waals surface area contributed by atoms with Crippen LogP contribution in [0, 0.1) is 5.82 Å². The zero-order valence-corrected chi connectivity index (χ0v) is 13.2. The van der Waals surface area contributed by atoms with E-state index < -0.39 is 0 Å². The first-order chi connectivity index (χ1) is 9.67. The molecular weight excluding hydrogens is 313 g/mol. The molecule has 1 nitrogen and oxygen atoms in total. The van der Waals surface area contributed by atoms with Crippen molar-refractivity contribution in [3.63, 3.8) is 0 Å². The molecule has 1 N–H and O–H groups in total. The Bertz CT molecular complexity index is 706. The van der Waals surface area contributed by atoms with E-state index in [1.54, 1.807) is 34.8 Å². The van der Waals surface area contributed by atoms with Crippen LogP contribution < -0.4 is 5.32 Å². The van der Waals surface area contributed by atoms with Gasteiger partial charge in [-0.05, 0) is 48.7 Å². The first kappa shape index (κ1) is 14.0. The molecule has 0 saturated heterocycles. The van der Waals surface area contributed by atoms with Gasteiger partial charge in [-0.2, -0.15) is 0 Å². The van der Waals surface area contributed by atoms with E-state index in [9.17, 15) is 4.39 Å². The molecule has 0 aliphatic rings. The van der Waals surface area contributed by atoms with Crippen LogP contribution in [-0.2, 0) is 6.42 Å². The van der Waals surface area contributed by atoms with Gasteiger partial charge in [0, 0.05) is 25.3 Å². The summed E-state index contributed by atoms with van der Waals surface area (Å²) in [4.78, 5) is 1.24. The van der Waals surface area contributed by atoms with E-state index in [0.717, 1.165) is 0 Å². The molecule has 5 heteroatoms. The number of benzene rings is 1. The average molecular weight is 326 g/mol. The van der Waals surface area contributed by atoms with E-state index in [-0.39, 0.29) is 11.9 Å². The summed E-state index contributed by atoms with van der Waals surface area (Å²) in [6, 6.07) is 9.31. The van der Waals surface area contributed by atoms with Crippen molar-refractivity contribution in [1.29, 1.82) is 0 Å². The van der Waals surface area contributed by atoms with E-state index >= 15 is 0 Å². The second-order valence-electron chi connectivity index (χ2n) is 4.58. The van der Waals surface area contributed by atoms with Crippen molar-refractivity contribution in [3.8, 4) is 0 Å². The Labute approximate surface area is 130 Å². The van der Waals surface area contributed by atoms with Crippen molar-refractivity contribution >= 4 is 43.7 Å². The maximum Gasteiger partial charge on any atom is 0.127 e. The smallest absolute Gasteiger partial charge is 0.127 e. The molecule has 3 rings (SSSR count). The standard InChI is InChI=1S/C15H13ClFNS2/c1-18-12(6-9-2-3-10(16)7-11(9)17)14-8-15-13(20-14)4-5-19-15/h2-5,7-8,12,18H,6H2,1H3. The highest BCUT2D eigenvalue weighted by molar-refractivity contribution is 7.26. The predicted molar refractivity (Wildman–Crippen MR) is 86.6 cm³/mol. The summed E-state index contributed by atoms with van der Waals surface area (Å²) in [5.41, 5.74) is 0.686. The number of nitrogens with one attached hydrogen (secondary N) is 1. The van der Waals surface area contributed by atoms with Crippen molar-refractivity contribution in [2.45, 2.75) is 12.5 Å².